The fourth-order valence-electron chi connectivity index (χ4n) is 1.87. The average molecular weight is 296 g/mol. The molecular weight excluding hydrogens is 284 g/mol. The molecule has 8 heteroatoms. The van der Waals surface area contributed by atoms with Gasteiger partial charge in [0.15, 0.2) is 5.82 Å². The number of hydrogen-bond donors (Lipinski definition) is 2. The van der Waals surface area contributed by atoms with Crippen molar-refractivity contribution < 1.29 is 9.90 Å². The summed E-state index contributed by atoms with van der Waals surface area (Å²) in [6.45, 7) is 1.88. The average Bonchev–Trinajstić information content (AvgIpc) is 3.04. The molecule has 0 atom stereocenters. The fourth-order valence-corrected chi connectivity index (χ4v) is 1.87. The molecule has 22 heavy (non-hydrogen) atoms. The molecule has 0 spiro atoms. The van der Waals surface area contributed by atoms with E-state index in [0.29, 0.717) is 17.5 Å². The molecule has 8 nitrogen and oxygen atoms in total. The summed E-state index contributed by atoms with van der Waals surface area (Å²) in [5.74, 6) is 0.0444. The first-order chi connectivity index (χ1) is 10.6. The maximum atomic E-state index is 10.8. The van der Waals surface area contributed by atoms with Gasteiger partial charge in [0.2, 0.25) is 5.95 Å². The van der Waals surface area contributed by atoms with E-state index in [1.54, 1.807) is 29.3 Å². The van der Waals surface area contributed by atoms with Crippen LogP contribution in [0.15, 0.2) is 43.1 Å². The minimum absolute atomic E-state index is 0.221. The first kappa shape index (κ1) is 13.7. The summed E-state index contributed by atoms with van der Waals surface area (Å²) in [6, 6.07) is 6.33. The van der Waals surface area contributed by atoms with Gasteiger partial charge < -0.3 is 10.4 Å². The van der Waals surface area contributed by atoms with Gasteiger partial charge in [-0.3, -0.25) is 0 Å². The molecule has 0 saturated heterocycles. The zero-order valence-corrected chi connectivity index (χ0v) is 11.6. The van der Waals surface area contributed by atoms with Crippen LogP contribution in [0.1, 0.15) is 15.9 Å². The summed E-state index contributed by atoms with van der Waals surface area (Å²) >= 11 is 0. The lowest BCUT2D eigenvalue weighted by Crippen LogP contribution is -2.06. The van der Waals surface area contributed by atoms with Crippen LogP contribution in [-0.4, -0.2) is 35.8 Å². The monoisotopic (exact) mass is 296 g/mol. The van der Waals surface area contributed by atoms with Crippen molar-refractivity contribution in [2.45, 2.75) is 6.92 Å². The molecule has 0 unspecified atom stereocenters. The Balaban J connectivity index is 1.86. The van der Waals surface area contributed by atoms with Crippen LogP contribution in [0.25, 0.3) is 5.82 Å². The summed E-state index contributed by atoms with van der Waals surface area (Å²) < 4.78 is 1.55. The fraction of sp³-hybridized carbons (Fsp3) is 0.0714. The molecule has 2 N–H and O–H groups in total. The third kappa shape index (κ3) is 2.75. The number of anilines is 2. The SMILES string of the molecule is Cc1cnc(Nc2ccc(C(=O)O)cc2)nc1-n1cncn1. The number of nitrogens with zero attached hydrogens (tertiary/aromatic N) is 5. The van der Waals surface area contributed by atoms with Gasteiger partial charge in [0.05, 0.1) is 5.56 Å². The van der Waals surface area contributed by atoms with Gasteiger partial charge in [-0.15, -0.1) is 0 Å². The highest BCUT2D eigenvalue weighted by molar-refractivity contribution is 5.88. The molecule has 0 amide bonds. The zero-order valence-electron chi connectivity index (χ0n) is 11.6. The van der Waals surface area contributed by atoms with Crippen LogP contribution < -0.4 is 5.32 Å². The van der Waals surface area contributed by atoms with Gasteiger partial charge in [-0.05, 0) is 31.2 Å². The van der Waals surface area contributed by atoms with Crippen LogP contribution >= 0.6 is 0 Å². The number of carbonyl (C=O) groups is 1. The predicted octanol–water partition coefficient (Wildman–Crippen LogP) is 1.81. The lowest BCUT2D eigenvalue weighted by Gasteiger charge is -2.08. The number of aromatic nitrogens is 5. The number of carboxylic acid groups (broad SMARTS) is 1. The number of benzene rings is 1. The van der Waals surface area contributed by atoms with Gasteiger partial charge in [0, 0.05) is 17.4 Å². The molecule has 0 saturated carbocycles. The van der Waals surface area contributed by atoms with Gasteiger partial charge in [-0.2, -0.15) is 10.1 Å². The molecule has 0 radical (unpaired) electrons. The van der Waals surface area contributed by atoms with Gasteiger partial charge in [0.25, 0.3) is 0 Å². The third-order valence-corrected chi connectivity index (χ3v) is 2.97. The second kappa shape index (κ2) is 5.60. The number of carboxylic acids is 1. The van der Waals surface area contributed by atoms with Crippen molar-refractivity contribution in [1.82, 2.24) is 24.7 Å². The molecule has 0 aliphatic heterocycles. The molecule has 1 aromatic carbocycles. The summed E-state index contributed by atoms with van der Waals surface area (Å²) in [4.78, 5) is 23.3. The Kier molecular flexibility index (Phi) is 3.48. The van der Waals surface area contributed by atoms with E-state index in [1.165, 1.54) is 18.5 Å². The van der Waals surface area contributed by atoms with Crippen molar-refractivity contribution in [2.75, 3.05) is 5.32 Å². The lowest BCUT2D eigenvalue weighted by atomic mass is 10.2. The summed E-state index contributed by atoms with van der Waals surface area (Å²) in [6.07, 6.45) is 4.66. The summed E-state index contributed by atoms with van der Waals surface area (Å²) in [5.41, 5.74) is 1.77. The second-order valence-electron chi connectivity index (χ2n) is 4.55. The number of rotatable bonds is 4. The van der Waals surface area contributed by atoms with E-state index in [9.17, 15) is 4.79 Å². The molecule has 110 valence electrons. The number of aromatic carboxylic acids is 1. The van der Waals surface area contributed by atoms with Crippen molar-refractivity contribution in [3.63, 3.8) is 0 Å². The van der Waals surface area contributed by atoms with Gasteiger partial charge in [-0.1, -0.05) is 0 Å². The molecule has 2 heterocycles. The molecular formula is C14H12N6O2. The molecule has 3 aromatic rings. The summed E-state index contributed by atoms with van der Waals surface area (Å²) in [7, 11) is 0. The first-order valence-corrected chi connectivity index (χ1v) is 6.42. The second-order valence-corrected chi connectivity index (χ2v) is 4.55. The smallest absolute Gasteiger partial charge is 0.335 e. The van der Waals surface area contributed by atoms with E-state index in [-0.39, 0.29) is 5.56 Å². The summed E-state index contributed by atoms with van der Waals surface area (Å²) in [5, 5.41) is 15.9. The minimum atomic E-state index is -0.966. The van der Waals surface area contributed by atoms with Crippen LogP contribution in [0.3, 0.4) is 0 Å². The topological polar surface area (TPSA) is 106 Å². The molecule has 3 rings (SSSR count). The van der Waals surface area contributed by atoms with Gasteiger partial charge >= 0.3 is 5.97 Å². The Hall–Kier alpha value is -3.29. The van der Waals surface area contributed by atoms with E-state index >= 15 is 0 Å². The van der Waals surface area contributed by atoms with Crippen LogP contribution in [0.5, 0.6) is 0 Å². The van der Waals surface area contributed by atoms with Crippen molar-refractivity contribution in [2.24, 2.45) is 0 Å². The van der Waals surface area contributed by atoms with E-state index in [2.05, 4.69) is 25.4 Å². The normalized spacial score (nSPS) is 10.4. The van der Waals surface area contributed by atoms with Crippen LogP contribution in [0.4, 0.5) is 11.6 Å². The van der Waals surface area contributed by atoms with Crippen LogP contribution in [-0.2, 0) is 0 Å². The largest absolute Gasteiger partial charge is 0.478 e. The van der Waals surface area contributed by atoms with Crippen molar-refractivity contribution in [3.8, 4) is 5.82 Å². The first-order valence-electron chi connectivity index (χ1n) is 6.42. The van der Waals surface area contributed by atoms with Gasteiger partial charge in [-0.25, -0.2) is 19.4 Å². The Bertz CT molecular complexity index is 799. The molecule has 0 aliphatic carbocycles. The highest BCUT2D eigenvalue weighted by Gasteiger charge is 2.07. The maximum absolute atomic E-state index is 10.8. The van der Waals surface area contributed by atoms with E-state index in [4.69, 9.17) is 5.11 Å². The maximum Gasteiger partial charge on any atom is 0.335 e. The van der Waals surface area contributed by atoms with E-state index < -0.39 is 5.97 Å². The Morgan fingerprint density at radius 2 is 2.05 bits per heavy atom. The molecule has 0 fully saturated rings. The van der Waals surface area contributed by atoms with E-state index in [1.807, 2.05) is 6.92 Å². The quantitative estimate of drug-likeness (QED) is 0.756. The third-order valence-electron chi connectivity index (χ3n) is 2.97. The minimum Gasteiger partial charge on any atom is -0.478 e. The highest BCUT2D eigenvalue weighted by Crippen LogP contribution is 2.16. The Morgan fingerprint density at radius 1 is 1.27 bits per heavy atom. The highest BCUT2D eigenvalue weighted by atomic mass is 16.4. The molecule has 0 bridgehead atoms. The van der Waals surface area contributed by atoms with Crippen LogP contribution in [0.2, 0.25) is 0 Å². The zero-order chi connectivity index (χ0) is 15.5. The number of hydrogen-bond acceptors (Lipinski definition) is 6. The lowest BCUT2D eigenvalue weighted by molar-refractivity contribution is 0.0697. The molecule has 2 aromatic heterocycles. The number of aryl methyl sites for hydroxylation is 1. The van der Waals surface area contributed by atoms with Gasteiger partial charge in [0.1, 0.15) is 12.7 Å². The van der Waals surface area contributed by atoms with Crippen molar-refractivity contribution in [3.05, 3.63) is 54.2 Å². The van der Waals surface area contributed by atoms with Crippen LogP contribution in [0, 0.1) is 6.92 Å². The predicted molar refractivity (Wildman–Crippen MR) is 78.4 cm³/mol. The number of nitrogens with one attached hydrogen (secondary N) is 1. The molecule has 0 aliphatic rings. The Labute approximate surface area is 125 Å². The standard InChI is InChI=1S/C14H12N6O2/c1-9-6-16-14(19-12(9)20-8-15-7-17-20)18-11-4-2-10(3-5-11)13(21)22/h2-8H,1H3,(H,21,22)(H,16,18,19). The van der Waals surface area contributed by atoms with E-state index in [0.717, 1.165) is 5.56 Å². The Morgan fingerprint density at radius 3 is 2.68 bits per heavy atom. The van der Waals surface area contributed by atoms with Crippen molar-refractivity contribution in [1.29, 1.82) is 0 Å². The van der Waals surface area contributed by atoms with Crippen molar-refractivity contribution >= 4 is 17.6 Å².